The number of pyridine rings is 3. The fourth-order valence-corrected chi connectivity index (χ4v) is 3.46. The first-order chi connectivity index (χ1) is 15.0. The number of halogens is 1. The maximum Gasteiger partial charge on any atom is 0.218 e. The summed E-state index contributed by atoms with van der Waals surface area (Å²) in [4.78, 5) is 27.1. The molecule has 2 N–H and O–H groups in total. The van der Waals surface area contributed by atoms with Crippen molar-refractivity contribution in [3.8, 4) is 5.88 Å². The molecule has 0 spiro atoms. The van der Waals surface area contributed by atoms with Gasteiger partial charge in [0.05, 0.1) is 7.11 Å². The fourth-order valence-electron chi connectivity index (χ4n) is 3.46. The molecule has 0 saturated heterocycles. The van der Waals surface area contributed by atoms with Gasteiger partial charge in [-0.15, -0.1) is 0 Å². The van der Waals surface area contributed by atoms with Gasteiger partial charge in [-0.05, 0) is 36.2 Å². The predicted octanol–water partition coefficient (Wildman–Crippen LogP) is 3.84. The SMILES string of the molecule is COc1ncccc1CNc1ccc(Cc2c[nH]c3ncc(CC(C)=O)cc23)c(F)n1. The molecule has 4 heterocycles. The zero-order valence-electron chi connectivity index (χ0n) is 17.3. The second-order valence-corrected chi connectivity index (χ2v) is 7.28. The molecule has 7 nitrogen and oxygen atoms in total. The van der Waals surface area contributed by atoms with E-state index in [4.69, 9.17) is 4.74 Å². The number of carbonyl (C=O) groups is 1. The van der Waals surface area contributed by atoms with Crippen molar-refractivity contribution in [3.05, 3.63) is 77.1 Å². The van der Waals surface area contributed by atoms with Crippen LogP contribution in [0.15, 0.2) is 48.9 Å². The third-order valence-corrected chi connectivity index (χ3v) is 4.94. The van der Waals surface area contributed by atoms with Crippen molar-refractivity contribution in [1.82, 2.24) is 19.9 Å². The first-order valence-electron chi connectivity index (χ1n) is 9.85. The molecule has 0 bridgehead atoms. The van der Waals surface area contributed by atoms with Gasteiger partial charge in [0.1, 0.15) is 17.2 Å². The van der Waals surface area contributed by atoms with E-state index in [2.05, 4.69) is 25.3 Å². The van der Waals surface area contributed by atoms with Crippen molar-refractivity contribution in [3.63, 3.8) is 0 Å². The van der Waals surface area contributed by atoms with E-state index in [1.165, 1.54) is 0 Å². The monoisotopic (exact) mass is 419 g/mol. The highest BCUT2D eigenvalue weighted by Crippen LogP contribution is 2.23. The molecule has 0 radical (unpaired) electrons. The van der Waals surface area contributed by atoms with Crippen LogP contribution < -0.4 is 10.1 Å². The van der Waals surface area contributed by atoms with E-state index in [0.717, 1.165) is 22.1 Å². The number of nitrogens with zero attached hydrogens (tertiary/aromatic N) is 3. The van der Waals surface area contributed by atoms with Gasteiger partial charge in [-0.25, -0.2) is 15.0 Å². The molecule has 0 aromatic carbocycles. The summed E-state index contributed by atoms with van der Waals surface area (Å²) in [7, 11) is 1.56. The summed E-state index contributed by atoms with van der Waals surface area (Å²) in [6.07, 6.45) is 5.84. The zero-order valence-corrected chi connectivity index (χ0v) is 17.3. The summed E-state index contributed by atoms with van der Waals surface area (Å²) < 4.78 is 19.9. The Kier molecular flexibility index (Phi) is 5.88. The smallest absolute Gasteiger partial charge is 0.218 e. The van der Waals surface area contributed by atoms with Gasteiger partial charge in [0, 0.05) is 54.5 Å². The predicted molar refractivity (Wildman–Crippen MR) is 116 cm³/mol. The largest absolute Gasteiger partial charge is 0.481 e. The van der Waals surface area contributed by atoms with Crippen LogP contribution in [0.25, 0.3) is 11.0 Å². The van der Waals surface area contributed by atoms with Crippen LogP contribution >= 0.6 is 0 Å². The molecule has 0 atom stereocenters. The molecular weight excluding hydrogens is 397 g/mol. The highest BCUT2D eigenvalue weighted by atomic mass is 19.1. The number of hydrogen-bond acceptors (Lipinski definition) is 6. The van der Waals surface area contributed by atoms with Crippen molar-refractivity contribution in [2.45, 2.75) is 26.3 Å². The Morgan fingerprint density at radius 1 is 1.19 bits per heavy atom. The van der Waals surface area contributed by atoms with E-state index in [1.54, 1.807) is 38.6 Å². The Hall–Kier alpha value is -3.81. The molecule has 0 unspecified atom stereocenters. The van der Waals surface area contributed by atoms with Gasteiger partial charge in [0.15, 0.2) is 0 Å². The number of ether oxygens (including phenoxy) is 1. The summed E-state index contributed by atoms with van der Waals surface area (Å²) >= 11 is 0. The zero-order chi connectivity index (χ0) is 21.8. The summed E-state index contributed by atoms with van der Waals surface area (Å²) in [5.41, 5.74) is 3.77. The van der Waals surface area contributed by atoms with Gasteiger partial charge < -0.3 is 15.0 Å². The standard InChI is InChI=1S/C23H22FN5O2/c1-14(30)8-15-9-19-18(13-28-22(19)27-11-15)10-16-5-6-20(29-21(16)24)26-12-17-4-3-7-25-23(17)31-2/h3-7,9,11,13H,8,10,12H2,1-2H3,(H,26,29)(H,27,28). The number of carbonyl (C=O) groups excluding carboxylic acids is 1. The lowest BCUT2D eigenvalue weighted by molar-refractivity contribution is -0.116. The lowest BCUT2D eigenvalue weighted by Crippen LogP contribution is -2.06. The second kappa shape index (κ2) is 8.91. The number of Topliss-reactive ketones (excluding diaryl/α,β-unsaturated/α-hetero) is 1. The van der Waals surface area contributed by atoms with Gasteiger partial charge >= 0.3 is 0 Å². The van der Waals surface area contributed by atoms with Crippen molar-refractivity contribution in [2.75, 3.05) is 12.4 Å². The minimum Gasteiger partial charge on any atom is -0.481 e. The Bertz CT molecular complexity index is 1240. The normalized spacial score (nSPS) is 10.9. The Morgan fingerprint density at radius 2 is 2.06 bits per heavy atom. The van der Waals surface area contributed by atoms with E-state index >= 15 is 0 Å². The van der Waals surface area contributed by atoms with Crippen molar-refractivity contribution in [1.29, 1.82) is 0 Å². The summed E-state index contributed by atoms with van der Waals surface area (Å²) in [5.74, 6) is 0.478. The number of fused-ring (bicyclic) bond motifs is 1. The fraction of sp³-hybridized carbons (Fsp3) is 0.217. The Balaban J connectivity index is 1.50. The number of aromatic amines is 1. The average molecular weight is 419 g/mol. The molecule has 8 heteroatoms. The molecular formula is C23H22FN5O2. The molecule has 0 aliphatic rings. The molecule has 0 fully saturated rings. The average Bonchev–Trinajstić information content (AvgIpc) is 3.15. The molecule has 31 heavy (non-hydrogen) atoms. The number of hydrogen-bond donors (Lipinski definition) is 2. The Labute approximate surface area is 178 Å². The topological polar surface area (TPSA) is 92.8 Å². The van der Waals surface area contributed by atoms with E-state index in [1.807, 2.05) is 24.4 Å². The van der Waals surface area contributed by atoms with Crippen LogP contribution in [0.3, 0.4) is 0 Å². The van der Waals surface area contributed by atoms with Gasteiger partial charge in [0.25, 0.3) is 0 Å². The molecule has 0 amide bonds. The molecule has 0 saturated carbocycles. The first kappa shape index (κ1) is 20.5. The van der Waals surface area contributed by atoms with Gasteiger partial charge in [-0.1, -0.05) is 12.1 Å². The van der Waals surface area contributed by atoms with Crippen LogP contribution in [0, 0.1) is 5.95 Å². The highest BCUT2D eigenvalue weighted by Gasteiger charge is 2.12. The molecule has 4 aromatic rings. The molecule has 0 aliphatic carbocycles. The van der Waals surface area contributed by atoms with Gasteiger partial charge in [-0.3, -0.25) is 4.79 Å². The second-order valence-electron chi connectivity index (χ2n) is 7.28. The minimum atomic E-state index is -0.537. The van der Waals surface area contributed by atoms with Crippen molar-refractivity contribution in [2.24, 2.45) is 0 Å². The number of H-pyrrole nitrogens is 1. The lowest BCUT2D eigenvalue weighted by atomic mass is 10.0. The third kappa shape index (κ3) is 4.69. The van der Waals surface area contributed by atoms with Crippen LogP contribution in [0.2, 0.25) is 0 Å². The van der Waals surface area contributed by atoms with Crippen LogP contribution in [-0.2, 0) is 24.2 Å². The van der Waals surface area contributed by atoms with Gasteiger partial charge in [-0.2, -0.15) is 4.39 Å². The molecule has 0 aliphatic heterocycles. The highest BCUT2D eigenvalue weighted by molar-refractivity contribution is 5.83. The van der Waals surface area contributed by atoms with Crippen molar-refractivity contribution < 1.29 is 13.9 Å². The molecule has 4 rings (SSSR count). The summed E-state index contributed by atoms with van der Waals surface area (Å²) in [6, 6.07) is 9.09. The maximum absolute atomic E-state index is 14.7. The number of anilines is 1. The van der Waals surface area contributed by atoms with Gasteiger partial charge in [0.2, 0.25) is 11.8 Å². The van der Waals surface area contributed by atoms with E-state index in [-0.39, 0.29) is 5.78 Å². The van der Waals surface area contributed by atoms with E-state index < -0.39 is 5.95 Å². The van der Waals surface area contributed by atoms with Crippen molar-refractivity contribution >= 4 is 22.6 Å². The number of rotatable bonds is 8. The number of nitrogens with one attached hydrogen (secondary N) is 2. The number of methoxy groups -OCH3 is 1. The van der Waals surface area contributed by atoms with E-state index in [9.17, 15) is 9.18 Å². The molecule has 158 valence electrons. The van der Waals surface area contributed by atoms with Crippen LogP contribution in [0.5, 0.6) is 5.88 Å². The Morgan fingerprint density at radius 3 is 2.84 bits per heavy atom. The maximum atomic E-state index is 14.7. The van der Waals surface area contributed by atoms with E-state index in [0.29, 0.717) is 42.3 Å². The van der Waals surface area contributed by atoms with Crippen LogP contribution in [-0.4, -0.2) is 32.8 Å². The number of aromatic nitrogens is 4. The number of ketones is 1. The summed E-state index contributed by atoms with van der Waals surface area (Å²) in [6.45, 7) is 1.96. The summed E-state index contributed by atoms with van der Waals surface area (Å²) in [5, 5.41) is 3.98. The van der Waals surface area contributed by atoms with Crippen LogP contribution in [0.4, 0.5) is 10.2 Å². The minimum absolute atomic E-state index is 0.0699. The third-order valence-electron chi connectivity index (χ3n) is 4.94. The van der Waals surface area contributed by atoms with Crippen LogP contribution in [0.1, 0.15) is 29.2 Å². The lowest BCUT2D eigenvalue weighted by Gasteiger charge is -2.10. The quantitative estimate of drug-likeness (QED) is 0.422. The first-order valence-corrected chi connectivity index (χ1v) is 9.85. The molecule has 4 aromatic heterocycles.